The summed E-state index contributed by atoms with van der Waals surface area (Å²) in [6.07, 6.45) is 0.784. The summed E-state index contributed by atoms with van der Waals surface area (Å²) in [6.45, 7) is -0.301. The van der Waals surface area contributed by atoms with Crippen molar-refractivity contribution in [1.29, 1.82) is 0 Å². The number of amides is 1. The van der Waals surface area contributed by atoms with Crippen molar-refractivity contribution in [3.63, 3.8) is 0 Å². The van der Waals surface area contributed by atoms with E-state index in [0.717, 1.165) is 0 Å². The highest BCUT2D eigenvalue weighted by atomic mass is 35.5. The predicted octanol–water partition coefficient (Wildman–Crippen LogP) is -0.953. The van der Waals surface area contributed by atoms with Crippen LogP contribution in [0.2, 0.25) is 0 Å². The van der Waals surface area contributed by atoms with Crippen LogP contribution in [0.15, 0.2) is 0 Å². The first kappa shape index (κ1) is 14.7. The summed E-state index contributed by atoms with van der Waals surface area (Å²) >= 11 is 0. The van der Waals surface area contributed by atoms with Gasteiger partial charge in [0.15, 0.2) is 0 Å². The van der Waals surface area contributed by atoms with Gasteiger partial charge >= 0.3 is 11.9 Å². The minimum atomic E-state index is -1.44. The predicted molar refractivity (Wildman–Crippen MR) is 62.2 cm³/mol. The van der Waals surface area contributed by atoms with Gasteiger partial charge in [-0.25, -0.2) is 4.79 Å². The van der Waals surface area contributed by atoms with Crippen LogP contribution >= 0.6 is 12.4 Å². The molecule has 2 saturated carbocycles. The zero-order valence-electron chi connectivity index (χ0n) is 9.46. The number of nitrogens with two attached hydrogens (primary N) is 1. The summed E-state index contributed by atoms with van der Waals surface area (Å²) in [7, 11) is 0. The van der Waals surface area contributed by atoms with Crippen LogP contribution in [-0.2, 0) is 14.4 Å². The van der Waals surface area contributed by atoms with E-state index in [1.54, 1.807) is 0 Å². The Morgan fingerprint density at radius 2 is 1.94 bits per heavy atom. The van der Waals surface area contributed by atoms with Crippen molar-refractivity contribution in [2.75, 3.05) is 6.54 Å². The molecule has 2 fully saturated rings. The average Bonchev–Trinajstić information content (AvgIpc) is 2.89. The third kappa shape index (κ3) is 1.93. The van der Waals surface area contributed by atoms with Gasteiger partial charge in [0.05, 0.1) is 12.5 Å². The number of rotatable bonds is 4. The molecule has 0 aliphatic heterocycles. The van der Waals surface area contributed by atoms with E-state index < -0.39 is 35.2 Å². The van der Waals surface area contributed by atoms with Crippen LogP contribution in [0.25, 0.3) is 0 Å². The number of hydrogen-bond donors (Lipinski definition) is 4. The molecule has 2 rings (SSSR count). The van der Waals surface area contributed by atoms with E-state index in [1.807, 2.05) is 0 Å². The Kier molecular flexibility index (Phi) is 3.87. The number of nitrogens with one attached hydrogen (secondary N) is 1. The van der Waals surface area contributed by atoms with Gasteiger partial charge in [-0.05, 0) is 18.8 Å². The maximum Gasteiger partial charge on any atom is 0.329 e. The van der Waals surface area contributed by atoms with Crippen LogP contribution in [-0.4, -0.2) is 40.1 Å². The summed E-state index contributed by atoms with van der Waals surface area (Å²) < 4.78 is 0. The number of carboxylic acid groups (broad SMARTS) is 2. The van der Waals surface area contributed by atoms with Gasteiger partial charge in [0.1, 0.15) is 5.54 Å². The Morgan fingerprint density at radius 1 is 1.33 bits per heavy atom. The van der Waals surface area contributed by atoms with Gasteiger partial charge in [-0.15, -0.1) is 12.4 Å². The fourth-order valence-corrected chi connectivity index (χ4v) is 3.05. The summed E-state index contributed by atoms with van der Waals surface area (Å²) in [5, 5.41) is 20.6. The normalized spacial score (nSPS) is 36.2. The van der Waals surface area contributed by atoms with Gasteiger partial charge in [0, 0.05) is 5.92 Å². The molecule has 0 aromatic carbocycles. The second kappa shape index (κ2) is 4.74. The number of carboxylic acids is 2. The number of carbonyl (C=O) groups excluding carboxylic acids is 1. The van der Waals surface area contributed by atoms with Crippen LogP contribution in [0.1, 0.15) is 12.8 Å². The van der Waals surface area contributed by atoms with E-state index in [9.17, 15) is 19.5 Å². The number of aliphatic carboxylic acids is 2. The molecule has 18 heavy (non-hydrogen) atoms. The topological polar surface area (TPSA) is 130 Å². The maximum atomic E-state index is 11.3. The summed E-state index contributed by atoms with van der Waals surface area (Å²) in [5.41, 5.74) is 3.70. The first-order valence-electron chi connectivity index (χ1n) is 5.41. The Labute approximate surface area is 109 Å². The zero-order valence-corrected chi connectivity index (χ0v) is 10.3. The minimum Gasteiger partial charge on any atom is -0.481 e. The molecule has 7 nitrogen and oxygen atoms in total. The van der Waals surface area contributed by atoms with Gasteiger partial charge in [-0.3, -0.25) is 9.59 Å². The molecule has 2 aliphatic carbocycles. The highest BCUT2D eigenvalue weighted by molar-refractivity contribution is 5.91. The van der Waals surface area contributed by atoms with Crippen molar-refractivity contribution < 1.29 is 24.6 Å². The van der Waals surface area contributed by atoms with E-state index >= 15 is 0 Å². The molecule has 0 heterocycles. The Hall–Kier alpha value is -1.34. The van der Waals surface area contributed by atoms with Crippen LogP contribution in [0, 0.1) is 17.8 Å². The molecule has 0 spiro atoms. The number of hydrogen-bond acceptors (Lipinski definition) is 4. The molecule has 0 aromatic heterocycles. The van der Waals surface area contributed by atoms with Crippen LogP contribution in [0.4, 0.5) is 0 Å². The molecular formula is C10H15ClN2O5. The van der Waals surface area contributed by atoms with Gasteiger partial charge in [0.25, 0.3) is 0 Å². The lowest BCUT2D eigenvalue weighted by Gasteiger charge is -2.28. The second-order valence-electron chi connectivity index (χ2n) is 4.62. The van der Waals surface area contributed by atoms with Gasteiger partial charge in [-0.1, -0.05) is 0 Å². The molecule has 102 valence electrons. The van der Waals surface area contributed by atoms with Crippen molar-refractivity contribution in [3.8, 4) is 0 Å². The van der Waals surface area contributed by atoms with E-state index in [1.165, 1.54) is 0 Å². The Bertz CT molecular complexity index is 402. The number of halogens is 1. The third-order valence-corrected chi connectivity index (χ3v) is 3.82. The fourth-order valence-electron chi connectivity index (χ4n) is 3.05. The molecule has 2 aliphatic rings. The van der Waals surface area contributed by atoms with Crippen LogP contribution < -0.4 is 11.1 Å². The summed E-state index contributed by atoms with van der Waals surface area (Å²) in [5.74, 6) is -4.03. The first-order chi connectivity index (χ1) is 7.94. The summed E-state index contributed by atoms with van der Waals surface area (Å²) in [4.78, 5) is 33.5. The van der Waals surface area contributed by atoms with Crippen molar-refractivity contribution >= 4 is 30.3 Å². The van der Waals surface area contributed by atoms with Gasteiger partial charge in [0.2, 0.25) is 5.91 Å². The lowest BCUT2D eigenvalue weighted by Crippen LogP contribution is -2.57. The second-order valence-corrected chi connectivity index (χ2v) is 4.62. The largest absolute Gasteiger partial charge is 0.481 e. The van der Waals surface area contributed by atoms with Crippen molar-refractivity contribution in [2.45, 2.75) is 18.4 Å². The number of carbonyl (C=O) groups is 3. The first-order valence-corrected chi connectivity index (χ1v) is 5.41. The highest BCUT2D eigenvalue weighted by Gasteiger charge is 2.71. The molecule has 4 atom stereocenters. The van der Waals surface area contributed by atoms with E-state index in [-0.39, 0.29) is 31.3 Å². The van der Waals surface area contributed by atoms with E-state index in [2.05, 4.69) is 5.32 Å². The molecule has 0 saturated heterocycles. The maximum absolute atomic E-state index is 11.3. The molecule has 8 heteroatoms. The average molecular weight is 279 g/mol. The van der Waals surface area contributed by atoms with Crippen LogP contribution in [0.5, 0.6) is 0 Å². The van der Waals surface area contributed by atoms with Crippen molar-refractivity contribution in [1.82, 2.24) is 5.32 Å². The lowest BCUT2D eigenvalue weighted by atomic mass is 9.90. The van der Waals surface area contributed by atoms with Gasteiger partial charge in [-0.2, -0.15) is 0 Å². The van der Waals surface area contributed by atoms with E-state index in [4.69, 9.17) is 10.8 Å². The number of fused-ring (bicyclic) bond motifs is 1. The lowest BCUT2D eigenvalue weighted by molar-refractivity contribution is -0.149. The standard InChI is InChI=1S/C10H14N2O5.ClH/c11-3-5(13)12-10(9(16)17)2-1-4-6(7(4)10)8(14)15;/h4,6-7H,1-3,11H2,(H,12,13)(H,14,15)(H,16,17);1H/t4-,6-,7-,10-;/m0./s1. The van der Waals surface area contributed by atoms with Crippen molar-refractivity contribution in [2.24, 2.45) is 23.5 Å². The minimum absolute atomic E-state index is 0. The zero-order chi connectivity index (χ0) is 12.8. The Balaban J connectivity index is 0.00000162. The Morgan fingerprint density at radius 3 is 2.33 bits per heavy atom. The molecular weight excluding hydrogens is 264 g/mol. The SMILES string of the molecule is Cl.NCC(=O)N[C@@]1(C(=O)O)CC[C@H]2[C@H](C(=O)O)[C@H]21. The van der Waals surface area contributed by atoms with Crippen LogP contribution in [0.3, 0.4) is 0 Å². The van der Waals surface area contributed by atoms with Gasteiger partial charge < -0.3 is 21.3 Å². The fraction of sp³-hybridized carbons (Fsp3) is 0.700. The molecule has 0 radical (unpaired) electrons. The monoisotopic (exact) mass is 278 g/mol. The molecule has 1 amide bonds. The molecule has 5 N–H and O–H groups in total. The molecule has 0 bridgehead atoms. The molecule has 0 aromatic rings. The van der Waals surface area contributed by atoms with Crippen molar-refractivity contribution in [3.05, 3.63) is 0 Å². The highest BCUT2D eigenvalue weighted by Crippen LogP contribution is 2.62. The van der Waals surface area contributed by atoms with E-state index in [0.29, 0.717) is 6.42 Å². The smallest absolute Gasteiger partial charge is 0.329 e. The summed E-state index contributed by atoms with van der Waals surface area (Å²) in [6, 6.07) is 0. The third-order valence-electron chi connectivity index (χ3n) is 3.82. The molecule has 0 unspecified atom stereocenters. The quantitative estimate of drug-likeness (QED) is 0.524.